The summed E-state index contributed by atoms with van der Waals surface area (Å²) in [6, 6.07) is 1.19. The van der Waals surface area contributed by atoms with Crippen LogP contribution in [-0.2, 0) is 13.2 Å². The molecule has 0 atom stereocenters. The van der Waals surface area contributed by atoms with E-state index in [1.807, 2.05) is 0 Å². The molecule has 0 spiro atoms. The van der Waals surface area contributed by atoms with E-state index in [2.05, 4.69) is 5.10 Å². The molecule has 84 valence electrons. The summed E-state index contributed by atoms with van der Waals surface area (Å²) >= 11 is 0. The Bertz CT molecular complexity index is 366. The molecule has 0 bridgehead atoms. The van der Waals surface area contributed by atoms with Gasteiger partial charge in [-0.1, -0.05) is 0 Å². The Labute approximate surface area is 86.1 Å². The Kier molecular flexibility index (Phi) is 3.06. The van der Waals surface area contributed by atoms with E-state index in [9.17, 15) is 15.2 Å². The van der Waals surface area contributed by atoms with E-state index in [1.165, 1.54) is 10.7 Å². The molecule has 1 aromatic rings. The number of rotatable bonds is 4. The molecule has 7 nitrogen and oxygen atoms in total. The summed E-state index contributed by atoms with van der Waals surface area (Å²) in [5.74, 6) is -0.330. The lowest BCUT2D eigenvalue weighted by Crippen LogP contribution is -2.27. The molecule has 1 rings (SSSR count). The van der Waals surface area contributed by atoms with Crippen molar-refractivity contribution in [1.29, 1.82) is 0 Å². The Balaban J connectivity index is 3.01. The first-order valence-electron chi connectivity index (χ1n) is 4.38. The highest BCUT2D eigenvalue weighted by molar-refractivity contribution is 5.21. The number of aliphatic hydroxyl groups is 2. The van der Waals surface area contributed by atoms with Gasteiger partial charge in [-0.15, -0.1) is 0 Å². The third-order valence-electron chi connectivity index (χ3n) is 1.74. The standard InChI is InChI=1S/C8H13N3O4/c1-8(2,13)5-10-6(4-12)3-7(9-10)11(14)15/h3,12-13H,4-5H2,1-2H3. The van der Waals surface area contributed by atoms with Gasteiger partial charge in [0.2, 0.25) is 0 Å². The second kappa shape index (κ2) is 3.95. The quantitative estimate of drug-likeness (QED) is 0.546. The summed E-state index contributed by atoms with van der Waals surface area (Å²) in [6.07, 6.45) is 0. The van der Waals surface area contributed by atoms with E-state index in [-0.39, 0.29) is 19.0 Å². The Morgan fingerprint density at radius 2 is 2.27 bits per heavy atom. The van der Waals surface area contributed by atoms with Crippen LogP contribution in [0.4, 0.5) is 5.82 Å². The first-order valence-corrected chi connectivity index (χ1v) is 4.38. The molecule has 0 amide bonds. The molecule has 0 aliphatic carbocycles. The van der Waals surface area contributed by atoms with E-state index in [1.54, 1.807) is 13.8 Å². The van der Waals surface area contributed by atoms with Crippen LogP contribution < -0.4 is 0 Å². The molecular formula is C8H13N3O4. The van der Waals surface area contributed by atoms with Crippen LogP contribution in [0.2, 0.25) is 0 Å². The van der Waals surface area contributed by atoms with Crippen molar-refractivity contribution in [3.05, 3.63) is 21.9 Å². The van der Waals surface area contributed by atoms with E-state index < -0.39 is 10.5 Å². The number of hydrogen-bond donors (Lipinski definition) is 2. The fraction of sp³-hybridized carbons (Fsp3) is 0.625. The molecule has 0 saturated heterocycles. The molecule has 2 N–H and O–H groups in total. The van der Waals surface area contributed by atoms with Crippen LogP contribution in [0.5, 0.6) is 0 Å². The van der Waals surface area contributed by atoms with Crippen molar-refractivity contribution in [1.82, 2.24) is 9.78 Å². The predicted octanol–water partition coefficient (Wildman–Crippen LogP) is 0.0545. The average Bonchev–Trinajstić information content (AvgIpc) is 2.44. The lowest BCUT2D eigenvalue weighted by Gasteiger charge is -2.15. The number of nitro groups is 1. The van der Waals surface area contributed by atoms with Crippen LogP contribution >= 0.6 is 0 Å². The van der Waals surface area contributed by atoms with E-state index in [0.29, 0.717) is 5.69 Å². The van der Waals surface area contributed by atoms with Gasteiger partial charge in [0, 0.05) is 0 Å². The van der Waals surface area contributed by atoms with Gasteiger partial charge in [-0.25, -0.2) is 0 Å². The highest BCUT2D eigenvalue weighted by Crippen LogP contribution is 2.15. The van der Waals surface area contributed by atoms with Crippen molar-refractivity contribution in [2.45, 2.75) is 32.6 Å². The highest BCUT2D eigenvalue weighted by Gasteiger charge is 2.22. The molecule has 0 aliphatic heterocycles. The molecule has 1 heterocycles. The van der Waals surface area contributed by atoms with Crippen LogP contribution in [0.15, 0.2) is 6.07 Å². The third kappa shape index (κ3) is 3.00. The zero-order chi connectivity index (χ0) is 11.6. The van der Waals surface area contributed by atoms with Crippen molar-refractivity contribution in [2.75, 3.05) is 0 Å². The van der Waals surface area contributed by atoms with Gasteiger partial charge in [-0.3, -0.25) is 0 Å². The van der Waals surface area contributed by atoms with E-state index >= 15 is 0 Å². The van der Waals surface area contributed by atoms with Gasteiger partial charge in [-0.2, -0.15) is 4.68 Å². The first-order chi connectivity index (χ1) is 6.83. The molecule has 15 heavy (non-hydrogen) atoms. The normalized spacial score (nSPS) is 11.7. The summed E-state index contributed by atoms with van der Waals surface area (Å²) in [7, 11) is 0. The SMILES string of the molecule is CC(C)(O)Cn1nc([N+](=O)[O-])cc1CO. The summed E-state index contributed by atoms with van der Waals surface area (Å²) in [4.78, 5) is 9.79. The van der Waals surface area contributed by atoms with Crippen LogP contribution in [0.25, 0.3) is 0 Å². The fourth-order valence-corrected chi connectivity index (χ4v) is 1.16. The minimum Gasteiger partial charge on any atom is -0.390 e. The molecule has 1 aromatic heterocycles. The number of aromatic nitrogens is 2. The van der Waals surface area contributed by atoms with Crippen molar-refractivity contribution in [3.8, 4) is 0 Å². The fourth-order valence-electron chi connectivity index (χ4n) is 1.16. The predicted molar refractivity (Wildman–Crippen MR) is 51.1 cm³/mol. The molecule has 0 saturated carbocycles. The molecule has 0 aliphatic rings. The van der Waals surface area contributed by atoms with Gasteiger partial charge in [0.25, 0.3) is 0 Å². The molecule has 0 radical (unpaired) electrons. The van der Waals surface area contributed by atoms with Crippen LogP contribution in [0.3, 0.4) is 0 Å². The average molecular weight is 215 g/mol. The Morgan fingerprint density at radius 3 is 2.67 bits per heavy atom. The summed E-state index contributed by atoms with van der Waals surface area (Å²) in [6.45, 7) is 2.86. The number of hydrogen-bond acceptors (Lipinski definition) is 5. The first kappa shape index (κ1) is 11.6. The second-order valence-electron chi connectivity index (χ2n) is 3.88. The third-order valence-corrected chi connectivity index (χ3v) is 1.74. The number of nitrogens with zero attached hydrogens (tertiary/aromatic N) is 3. The minimum atomic E-state index is -1.04. The minimum absolute atomic E-state index is 0.0940. The van der Waals surface area contributed by atoms with Crippen molar-refractivity contribution >= 4 is 5.82 Å². The number of aliphatic hydroxyl groups excluding tert-OH is 1. The maximum Gasteiger partial charge on any atom is 0.390 e. The van der Waals surface area contributed by atoms with Gasteiger partial charge < -0.3 is 20.3 Å². The van der Waals surface area contributed by atoms with Gasteiger partial charge >= 0.3 is 5.82 Å². The molecule has 0 fully saturated rings. The van der Waals surface area contributed by atoms with Crippen LogP contribution in [0, 0.1) is 10.1 Å². The Morgan fingerprint density at radius 1 is 1.67 bits per heavy atom. The van der Waals surface area contributed by atoms with Crippen LogP contribution in [0.1, 0.15) is 19.5 Å². The second-order valence-corrected chi connectivity index (χ2v) is 3.88. The van der Waals surface area contributed by atoms with Crippen molar-refractivity contribution in [2.24, 2.45) is 0 Å². The monoisotopic (exact) mass is 215 g/mol. The summed E-state index contributed by atoms with van der Waals surface area (Å²) in [5.41, 5.74) is -0.729. The van der Waals surface area contributed by atoms with Crippen molar-refractivity contribution in [3.63, 3.8) is 0 Å². The lowest BCUT2D eigenvalue weighted by molar-refractivity contribution is -0.389. The maximum atomic E-state index is 10.4. The zero-order valence-corrected chi connectivity index (χ0v) is 8.54. The lowest BCUT2D eigenvalue weighted by atomic mass is 10.1. The van der Waals surface area contributed by atoms with Crippen molar-refractivity contribution < 1.29 is 15.1 Å². The summed E-state index contributed by atoms with van der Waals surface area (Å²) in [5, 5.41) is 32.6. The smallest absolute Gasteiger partial charge is 0.390 e. The van der Waals surface area contributed by atoms with Gasteiger partial charge in [0.1, 0.15) is 0 Å². The van der Waals surface area contributed by atoms with Gasteiger partial charge in [0.05, 0.1) is 35.6 Å². The van der Waals surface area contributed by atoms with Gasteiger partial charge in [0.15, 0.2) is 0 Å². The molecular weight excluding hydrogens is 202 g/mol. The van der Waals surface area contributed by atoms with Gasteiger partial charge in [-0.05, 0) is 18.8 Å². The highest BCUT2D eigenvalue weighted by atomic mass is 16.6. The van der Waals surface area contributed by atoms with E-state index in [4.69, 9.17) is 5.11 Å². The Hall–Kier alpha value is -1.47. The summed E-state index contributed by atoms with van der Waals surface area (Å²) < 4.78 is 1.23. The molecule has 7 heteroatoms. The molecule has 0 aromatic carbocycles. The molecule has 0 unspecified atom stereocenters. The van der Waals surface area contributed by atoms with E-state index in [0.717, 1.165) is 0 Å². The largest absolute Gasteiger partial charge is 0.390 e. The zero-order valence-electron chi connectivity index (χ0n) is 8.54. The topological polar surface area (TPSA) is 101 Å². The maximum absolute atomic E-state index is 10.4. The van der Waals surface area contributed by atoms with Crippen LogP contribution in [-0.4, -0.2) is 30.5 Å².